The first-order valence-corrected chi connectivity index (χ1v) is 6.88. The third-order valence-electron chi connectivity index (χ3n) is 2.61. The van der Waals surface area contributed by atoms with Crippen molar-refractivity contribution in [3.05, 3.63) is 29.8 Å². The fraction of sp³-hybridized carbons (Fsp3) is 0.429. The maximum atomic E-state index is 11.5. The average molecular weight is 266 g/mol. The molecule has 3 nitrogen and oxygen atoms in total. The molecule has 0 fully saturated rings. The Morgan fingerprint density at radius 2 is 1.83 bits per heavy atom. The van der Waals surface area contributed by atoms with E-state index in [4.69, 9.17) is 4.74 Å². The van der Waals surface area contributed by atoms with E-state index in [-0.39, 0.29) is 17.0 Å². The second-order valence-electron chi connectivity index (χ2n) is 3.84. The topological polar surface area (TPSA) is 43.4 Å². The minimum atomic E-state index is -0.212. The molecule has 0 spiro atoms. The Hall–Kier alpha value is -1.29. The lowest BCUT2D eigenvalue weighted by Crippen LogP contribution is -2.17. The van der Waals surface area contributed by atoms with Crippen molar-refractivity contribution in [2.24, 2.45) is 0 Å². The summed E-state index contributed by atoms with van der Waals surface area (Å²) in [7, 11) is 1.40. The van der Waals surface area contributed by atoms with Gasteiger partial charge in [0, 0.05) is 16.9 Å². The molecule has 1 rings (SSSR count). The van der Waals surface area contributed by atoms with Gasteiger partial charge in [-0.05, 0) is 18.6 Å². The lowest BCUT2D eigenvalue weighted by molar-refractivity contribution is -0.140. The number of ether oxygens (including phenoxy) is 1. The largest absolute Gasteiger partial charge is 0.468 e. The SMILES string of the molecule is CCC(=O)c1ccc(SC(CC)C(=O)OC)cc1. The molecule has 0 aromatic heterocycles. The Balaban J connectivity index is 2.73. The van der Waals surface area contributed by atoms with Gasteiger partial charge in [0.25, 0.3) is 0 Å². The summed E-state index contributed by atoms with van der Waals surface area (Å²) in [6, 6.07) is 7.36. The fourth-order valence-corrected chi connectivity index (χ4v) is 2.50. The van der Waals surface area contributed by atoms with E-state index in [2.05, 4.69) is 0 Å². The molecule has 1 aromatic carbocycles. The molecule has 4 heteroatoms. The number of hydrogen-bond donors (Lipinski definition) is 0. The fourth-order valence-electron chi connectivity index (χ4n) is 1.52. The number of carbonyl (C=O) groups excluding carboxylic acids is 2. The second kappa shape index (κ2) is 7.21. The molecule has 0 saturated heterocycles. The first-order chi connectivity index (χ1) is 8.62. The molecular formula is C14H18O3S. The highest BCUT2D eigenvalue weighted by Crippen LogP contribution is 2.26. The molecule has 0 saturated carbocycles. The molecular weight excluding hydrogens is 248 g/mol. The van der Waals surface area contributed by atoms with Crippen molar-refractivity contribution >= 4 is 23.5 Å². The maximum Gasteiger partial charge on any atom is 0.319 e. The van der Waals surface area contributed by atoms with Crippen LogP contribution >= 0.6 is 11.8 Å². The number of hydrogen-bond acceptors (Lipinski definition) is 4. The van der Waals surface area contributed by atoms with Gasteiger partial charge in [0.15, 0.2) is 5.78 Å². The molecule has 0 heterocycles. The van der Waals surface area contributed by atoms with Gasteiger partial charge >= 0.3 is 5.97 Å². The molecule has 0 amide bonds. The smallest absolute Gasteiger partial charge is 0.319 e. The van der Waals surface area contributed by atoms with Crippen molar-refractivity contribution in [1.82, 2.24) is 0 Å². The van der Waals surface area contributed by atoms with Gasteiger partial charge in [-0.3, -0.25) is 9.59 Å². The zero-order valence-corrected chi connectivity index (χ0v) is 11.8. The van der Waals surface area contributed by atoms with E-state index in [9.17, 15) is 9.59 Å². The van der Waals surface area contributed by atoms with Gasteiger partial charge in [-0.1, -0.05) is 26.0 Å². The van der Waals surface area contributed by atoms with E-state index in [0.717, 1.165) is 4.90 Å². The number of ketones is 1. The Morgan fingerprint density at radius 3 is 2.28 bits per heavy atom. The van der Waals surface area contributed by atoms with Crippen LogP contribution in [0.3, 0.4) is 0 Å². The van der Waals surface area contributed by atoms with Crippen LogP contribution in [0.15, 0.2) is 29.2 Å². The Morgan fingerprint density at radius 1 is 1.22 bits per heavy atom. The van der Waals surface area contributed by atoms with Crippen molar-refractivity contribution in [2.45, 2.75) is 36.8 Å². The summed E-state index contributed by atoms with van der Waals surface area (Å²) < 4.78 is 4.74. The van der Waals surface area contributed by atoms with E-state index in [1.54, 1.807) is 12.1 Å². The number of carbonyl (C=O) groups is 2. The summed E-state index contributed by atoms with van der Waals surface area (Å²) in [4.78, 5) is 23.9. The molecule has 0 bridgehead atoms. The van der Waals surface area contributed by atoms with Crippen LogP contribution in [0.2, 0.25) is 0 Å². The number of methoxy groups -OCH3 is 1. The van der Waals surface area contributed by atoms with E-state index in [1.165, 1.54) is 18.9 Å². The minimum absolute atomic E-state index is 0.131. The zero-order chi connectivity index (χ0) is 13.5. The normalized spacial score (nSPS) is 11.9. The van der Waals surface area contributed by atoms with Crippen molar-refractivity contribution in [1.29, 1.82) is 0 Å². The molecule has 0 aliphatic carbocycles. The molecule has 0 aliphatic heterocycles. The Kier molecular flexibility index (Phi) is 5.92. The third-order valence-corrected chi connectivity index (χ3v) is 3.97. The number of rotatable bonds is 6. The predicted molar refractivity (Wildman–Crippen MR) is 73.0 cm³/mol. The lowest BCUT2D eigenvalue weighted by Gasteiger charge is -2.11. The van der Waals surface area contributed by atoms with Crippen LogP contribution in [-0.2, 0) is 9.53 Å². The minimum Gasteiger partial charge on any atom is -0.468 e. The lowest BCUT2D eigenvalue weighted by atomic mass is 10.1. The molecule has 0 N–H and O–H groups in total. The van der Waals surface area contributed by atoms with Crippen molar-refractivity contribution in [2.75, 3.05) is 7.11 Å². The zero-order valence-electron chi connectivity index (χ0n) is 10.9. The van der Waals surface area contributed by atoms with E-state index in [0.29, 0.717) is 18.4 Å². The Bertz CT molecular complexity index is 412. The quantitative estimate of drug-likeness (QED) is 0.450. The summed E-state index contributed by atoms with van der Waals surface area (Å²) in [5.74, 6) is -0.0808. The first-order valence-electron chi connectivity index (χ1n) is 6.00. The standard InChI is InChI=1S/C14H18O3S/c1-4-12(15)10-6-8-11(9-7-10)18-13(5-2)14(16)17-3/h6-9,13H,4-5H2,1-3H3. The van der Waals surface area contributed by atoms with Crippen LogP contribution < -0.4 is 0 Å². The number of benzene rings is 1. The van der Waals surface area contributed by atoms with Crippen LogP contribution in [-0.4, -0.2) is 24.1 Å². The highest BCUT2D eigenvalue weighted by molar-refractivity contribution is 8.00. The van der Waals surface area contributed by atoms with Crippen LogP contribution in [0.25, 0.3) is 0 Å². The van der Waals surface area contributed by atoms with E-state index < -0.39 is 0 Å². The maximum absolute atomic E-state index is 11.5. The van der Waals surface area contributed by atoms with Gasteiger partial charge in [0.05, 0.1) is 7.11 Å². The van der Waals surface area contributed by atoms with Crippen molar-refractivity contribution in [3.63, 3.8) is 0 Å². The molecule has 0 aliphatic rings. The highest BCUT2D eigenvalue weighted by Gasteiger charge is 2.18. The van der Waals surface area contributed by atoms with Crippen molar-refractivity contribution in [3.8, 4) is 0 Å². The monoisotopic (exact) mass is 266 g/mol. The van der Waals surface area contributed by atoms with Crippen LogP contribution in [0.4, 0.5) is 0 Å². The molecule has 0 radical (unpaired) electrons. The second-order valence-corrected chi connectivity index (χ2v) is 5.12. The summed E-state index contributed by atoms with van der Waals surface area (Å²) in [6.45, 7) is 3.79. The Labute approximate surface area is 112 Å². The van der Waals surface area contributed by atoms with Crippen LogP contribution in [0.5, 0.6) is 0 Å². The van der Waals surface area contributed by atoms with Gasteiger partial charge in [-0.2, -0.15) is 0 Å². The third kappa shape index (κ3) is 3.88. The summed E-state index contributed by atoms with van der Waals surface area (Å²) in [6.07, 6.45) is 1.22. The summed E-state index contributed by atoms with van der Waals surface area (Å²) >= 11 is 1.46. The number of Topliss-reactive ketones (excluding diaryl/α,β-unsaturated/α-hetero) is 1. The molecule has 1 unspecified atom stereocenters. The molecule has 98 valence electrons. The summed E-state index contributed by atoms with van der Waals surface area (Å²) in [5.41, 5.74) is 0.716. The van der Waals surface area contributed by atoms with Crippen molar-refractivity contribution < 1.29 is 14.3 Å². The highest BCUT2D eigenvalue weighted by atomic mass is 32.2. The summed E-state index contributed by atoms with van der Waals surface area (Å²) in [5, 5.41) is -0.192. The van der Waals surface area contributed by atoms with Gasteiger partial charge in [0.1, 0.15) is 5.25 Å². The molecule has 1 atom stereocenters. The van der Waals surface area contributed by atoms with Crippen LogP contribution in [0.1, 0.15) is 37.0 Å². The number of thioether (sulfide) groups is 1. The van der Waals surface area contributed by atoms with Crippen LogP contribution in [0, 0.1) is 0 Å². The van der Waals surface area contributed by atoms with Gasteiger partial charge in [-0.15, -0.1) is 11.8 Å². The van der Waals surface area contributed by atoms with E-state index in [1.807, 2.05) is 26.0 Å². The molecule has 1 aromatic rings. The van der Waals surface area contributed by atoms with E-state index >= 15 is 0 Å². The number of esters is 1. The molecule has 18 heavy (non-hydrogen) atoms. The first kappa shape index (κ1) is 14.8. The van der Waals surface area contributed by atoms with Gasteiger partial charge in [-0.25, -0.2) is 0 Å². The van der Waals surface area contributed by atoms with Gasteiger partial charge in [0.2, 0.25) is 0 Å². The van der Waals surface area contributed by atoms with Gasteiger partial charge < -0.3 is 4.74 Å². The average Bonchev–Trinajstić information content (AvgIpc) is 2.43. The predicted octanol–water partition coefficient (Wildman–Crippen LogP) is 3.32.